The molecule has 0 aromatic heterocycles. The molecule has 0 spiro atoms. The molecule has 0 saturated carbocycles. The first-order valence-corrected chi connectivity index (χ1v) is 22.3. The first-order valence-electron chi connectivity index (χ1n) is 21.1. The number of rotatable bonds is 4. The van der Waals surface area contributed by atoms with Gasteiger partial charge in [0.2, 0.25) is 0 Å². The van der Waals surface area contributed by atoms with Crippen molar-refractivity contribution < 1.29 is 24.2 Å². The van der Waals surface area contributed by atoms with Gasteiger partial charge in [0, 0.05) is 0 Å². The van der Waals surface area contributed by atoms with Gasteiger partial charge in [-0.2, -0.15) is 6.08 Å². The van der Waals surface area contributed by atoms with Crippen molar-refractivity contribution in [2.75, 3.05) is 0 Å². The van der Waals surface area contributed by atoms with E-state index in [0.29, 0.717) is 0 Å². The van der Waals surface area contributed by atoms with E-state index in [4.69, 9.17) is 0 Å². The first kappa shape index (κ1) is 46.6. The van der Waals surface area contributed by atoms with Crippen LogP contribution in [0.2, 0.25) is 0 Å². The fourth-order valence-corrected chi connectivity index (χ4v) is 9.06. The Labute approximate surface area is 397 Å². The number of halogens is 2. The SMILES string of the molecule is CC(C)(C)c1cc2c([c-]c1-c1ccccc1)Cc1cc(-c3ccccc3)c(C(C)(C)C)cc1-2.Cl.Cl.[C-]1=CC=CC1.[Zr+2]=[C](c1ccc2ccccc2c1)c1ccc2ccccc2c1. The summed E-state index contributed by atoms with van der Waals surface area (Å²) in [5.41, 5.74) is 16.2. The molecule has 0 fully saturated rings. The third-order valence-corrected chi connectivity index (χ3v) is 12.9. The normalized spacial score (nSPS) is 12.3. The molecule has 0 N–H and O–H groups in total. The second-order valence-corrected chi connectivity index (χ2v) is 19.1. The molecule has 0 unspecified atom stereocenters. The molecule has 0 heterocycles. The summed E-state index contributed by atoms with van der Waals surface area (Å²) in [4.78, 5) is 0. The van der Waals surface area contributed by atoms with E-state index in [1.54, 1.807) is 0 Å². The Kier molecular flexibility index (Phi) is 15.1. The third-order valence-electron chi connectivity index (χ3n) is 11.5. The number of hydrogen-bond donors (Lipinski definition) is 0. The topological polar surface area (TPSA) is 0 Å². The van der Waals surface area contributed by atoms with Gasteiger partial charge in [0.25, 0.3) is 0 Å². The van der Waals surface area contributed by atoms with E-state index in [9.17, 15) is 0 Å². The van der Waals surface area contributed by atoms with Crippen molar-refractivity contribution in [1.82, 2.24) is 0 Å². The fourth-order valence-electron chi connectivity index (χ4n) is 8.30. The maximum absolute atomic E-state index is 3.88. The third kappa shape index (κ3) is 10.5. The average molecular weight is 925 g/mol. The van der Waals surface area contributed by atoms with Crippen LogP contribution in [0.25, 0.3) is 54.9 Å². The molecule has 0 amide bonds. The second kappa shape index (κ2) is 20.1. The van der Waals surface area contributed by atoms with Gasteiger partial charge in [-0.3, -0.25) is 6.08 Å². The predicted molar refractivity (Wildman–Crippen MR) is 269 cm³/mol. The van der Waals surface area contributed by atoms with E-state index in [-0.39, 0.29) is 35.6 Å². The Hall–Kier alpha value is -4.91. The van der Waals surface area contributed by atoms with Gasteiger partial charge in [0.05, 0.1) is 0 Å². The van der Waals surface area contributed by atoms with Gasteiger partial charge in [-0.25, -0.2) is 12.2 Å². The molecular weight excluding hydrogens is 871 g/mol. The van der Waals surface area contributed by atoms with Crippen LogP contribution in [0.4, 0.5) is 0 Å². The molecule has 0 atom stereocenters. The number of allylic oxidation sites excluding steroid dienone is 4. The minimum absolute atomic E-state index is 0. The van der Waals surface area contributed by atoms with E-state index in [1.165, 1.54) is 116 Å². The Morgan fingerprint density at radius 1 is 0.500 bits per heavy atom. The van der Waals surface area contributed by atoms with Crippen LogP contribution in [0.5, 0.6) is 0 Å². The standard InChI is InChI=1S/C33H33.C21H14.C5H5.2ClH.Zr/c1-32(2,3)30-20-26-24(18-28(30)22-13-9-7-10-14-22)17-25-19-29(23-15-11-8-12-16-23)31(21-27(25)26)33(4,5)6;1-3-7-20-14-16(9-11-18(20)5-1)13-17-10-12-19-6-2-4-8-21(19)15-17;1-2-4-5-3-1;;;/h7-16,18,20-21H,17H2,1-6H3;1-12,14-15H;1-3H,4H2;2*1H;/q-1;;-1;;;+2. The van der Waals surface area contributed by atoms with Gasteiger partial charge in [-0.05, 0) is 39.5 Å². The number of fused-ring (bicyclic) bond motifs is 5. The molecule has 0 bridgehead atoms. The molecule has 8 aromatic rings. The molecule has 3 heteroatoms. The van der Waals surface area contributed by atoms with Gasteiger partial charge in [-0.1, -0.05) is 131 Å². The molecule has 62 heavy (non-hydrogen) atoms. The molecule has 0 nitrogen and oxygen atoms in total. The van der Waals surface area contributed by atoms with Crippen molar-refractivity contribution >= 4 is 49.6 Å². The molecule has 0 radical (unpaired) electrons. The first-order chi connectivity index (χ1) is 28.9. The fraction of sp³-hybridized carbons (Fsp3) is 0.169. The van der Waals surface area contributed by atoms with Crippen molar-refractivity contribution in [2.45, 2.75) is 65.2 Å². The van der Waals surface area contributed by atoms with Gasteiger partial charge in [0.15, 0.2) is 0 Å². The van der Waals surface area contributed by atoms with Gasteiger partial charge >= 0.3 is 145 Å². The molecular formula is C59H54Cl2Zr. The summed E-state index contributed by atoms with van der Waals surface area (Å²) in [6.45, 7) is 13.9. The van der Waals surface area contributed by atoms with Crippen molar-refractivity contribution in [3.63, 3.8) is 0 Å². The molecule has 0 aliphatic heterocycles. The second-order valence-electron chi connectivity index (χ2n) is 17.9. The molecule has 308 valence electrons. The molecule has 8 aromatic carbocycles. The van der Waals surface area contributed by atoms with Crippen LogP contribution in [-0.2, 0) is 41.5 Å². The Bertz CT molecular complexity index is 2690. The summed E-state index contributed by atoms with van der Waals surface area (Å²) in [5, 5.41) is 5.21. The quantitative estimate of drug-likeness (QED) is 0.154. The van der Waals surface area contributed by atoms with Crippen molar-refractivity contribution in [3.05, 3.63) is 228 Å². The van der Waals surface area contributed by atoms with Gasteiger partial charge in [-0.15, -0.1) is 60.1 Å². The van der Waals surface area contributed by atoms with E-state index in [2.05, 4.69) is 224 Å². The number of hydrogen-bond acceptors (Lipinski definition) is 0. The van der Waals surface area contributed by atoms with Crippen LogP contribution in [-0.4, -0.2) is 3.21 Å². The monoisotopic (exact) mass is 922 g/mol. The number of benzene rings is 8. The summed E-state index contributed by atoms with van der Waals surface area (Å²) in [7, 11) is 0. The zero-order chi connectivity index (χ0) is 41.9. The summed E-state index contributed by atoms with van der Waals surface area (Å²) in [6, 6.07) is 63.4. The summed E-state index contributed by atoms with van der Waals surface area (Å²) in [6.07, 6.45) is 10.9. The maximum atomic E-state index is 3.88. The van der Waals surface area contributed by atoms with Crippen LogP contribution >= 0.6 is 24.8 Å². The Morgan fingerprint density at radius 2 is 1.00 bits per heavy atom. The van der Waals surface area contributed by atoms with Crippen LogP contribution in [0.1, 0.15) is 81.3 Å². The Morgan fingerprint density at radius 3 is 1.48 bits per heavy atom. The van der Waals surface area contributed by atoms with Gasteiger partial charge in [0.1, 0.15) is 0 Å². The summed E-state index contributed by atoms with van der Waals surface area (Å²) >= 11 is 1.44. The van der Waals surface area contributed by atoms with E-state index in [1.807, 2.05) is 12.2 Å². The van der Waals surface area contributed by atoms with Crippen molar-refractivity contribution in [1.29, 1.82) is 0 Å². The predicted octanol–water partition coefficient (Wildman–Crippen LogP) is 16.2. The molecule has 2 aliphatic rings. The van der Waals surface area contributed by atoms with Crippen LogP contribution in [0, 0.1) is 12.1 Å². The van der Waals surface area contributed by atoms with Gasteiger partial charge < -0.3 is 0 Å². The van der Waals surface area contributed by atoms with Crippen LogP contribution in [0.3, 0.4) is 0 Å². The Balaban J connectivity index is 0.000000190. The summed E-state index contributed by atoms with van der Waals surface area (Å²) < 4.78 is 1.41. The van der Waals surface area contributed by atoms with E-state index >= 15 is 0 Å². The molecule has 10 rings (SSSR count). The van der Waals surface area contributed by atoms with E-state index in [0.717, 1.165) is 12.8 Å². The zero-order valence-electron chi connectivity index (χ0n) is 36.6. The van der Waals surface area contributed by atoms with Crippen LogP contribution in [0.15, 0.2) is 182 Å². The zero-order valence-corrected chi connectivity index (χ0v) is 40.6. The van der Waals surface area contributed by atoms with Crippen molar-refractivity contribution in [3.8, 4) is 33.4 Å². The van der Waals surface area contributed by atoms with Crippen LogP contribution < -0.4 is 0 Å². The average Bonchev–Trinajstić information content (AvgIpc) is 3.97. The molecule has 2 aliphatic carbocycles. The van der Waals surface area contributed by atoms with E-state index < -0.39 is 0 Å². The minimum atomic E-state index is 0. The summed E-state index contributed by atoms with van der Waals surface area (Å²) in [5.74, 6) is 0. The molecule has 0 saturated heterocycles. The van der Waals surface area contributed by atoms with Crippen molar-refractivity contribution in [2.24, 2.45) is 0 Å².